The van der Waals surface area contributed by atoms with Crippen molar-refractivity contribution in [3.05, 3.63) is 209 Å². The summed E-state index contributed by atoms with van der Waals surface area (Å²) in [5, 5.41) is 0. The van der Waals surface area contributed by atoms with Crippen LogP contribution < -0.4 is 4.74 Å². The molecule has 0 aliphatic rings. The second-order valence-electron chi connectivity index (χ2n) is 13.1. The molecule has 0 amide bonds. The number of methoxy groups -OCH3 is 1. The molecule has 1 heteroatoms. The first-order valence-corrected chi connectivity index (χ1v) is 16.3. The molecule has 1 nitrogen and oxygen atoms in total. The Bertz CT molecular complexity index is 1730. The zero-order valence-electron chi connectivity index (χ0n) is 27.7. The maximum atomic E-state index is 5.55. The van der Waals surface area contributed by atoms with Crippen LogP contribution >= 0.6 is 0 Å². The lowest BCUT2D eigenvalue weighted by Gasteiger charge is -2.49. The van der Waals surface area contributed by atoms with Gasteiger partial charge in [-0.3, -0.25) is 0 Å². The monoisotopic (exact) mass is 600 g/mol. The third-order valence-electron chi connectivity index (χ3n) is 10.3. The second kappa shape index (κ2) is 12.9. The SMILES string of the molecule is COc1ccc(C(c2ccccc2)(c2ccc(C(C)(C)C(c3ccccc3)(c3ccccc3)c3ccccc3)cc2)C(C)C)cc1. The molecule has 46 heavy (non-hydrogen) atoms. The molecule has 230 valence electrons. The van der Waals surface area contributed by atoms with Crippen LogP contribution in [-0.4, -0.2) is 7.11 Å². The Morgan fingerprint density at radius 1 is 0.391 bits per heavy atom. The highest BCUT2D eigenvalue weighted by molar-refractivity contribution is 5.58. The van der Waals surface area contributed by atoms with Crippen molar-refractivity contribution in [3.8, 4) is 5.75 Å². The van der Waals surface area contributed by atoms with Gasteiger partial charge in [-0.15, -0.1) is 0 Å². The van der Waals surface area contributed by atoms with Crippen molar-refractivity contribution in [3.63, 3.8) is 0 Å². The predicted octanol–water partition coefficient (Wildman–Crippen LogP) is 11.0. The van der Waals surface area contributed by atoms with Crippen LogP contribution in [0.5, 0.6) is 5.75 Å². The summed E-state index contributed by atoms with van der Waals surface area (Å²) in [6.07, 6.45) is 0. The van der Waals surface area contributed by atoms with Gasteiger partial charge in [0.25, 0.3) is 0 Å². The summed E-state index contributed by atoms with van der Waals surface area (Å²) in [6.45, 7) is 9.48. The maximum Gasteiger partial charge on any atom is 0.118 e. The van der Waals surface area contributed by atoms with Crippen LogP contribution in [-0.2, 0) is 16.2 Å². The van der Waals surface area contributed by atoms with Gasteiger partial charge in [-0.25, -0.2) is 0 Å². The third kappa shape index (κ3) is 5.05. The van der Waals surface area contributed by atoms with Crippen LogP contribution in [0.15, 0.2) is 170 Å². The van der Waals surface area contributed by atoms with Gasteiger partial charge in [0.05, 0.1) is 12.5 Å². The van der Waals surface area contributed by atoms with Crippen LogP contribution in [0.4, 0.5) is 0 Å². The van der Waals surface area contributed by atoms with Gasteiger partial charge in [-0.05, 0) is 57.0 Å². The van der Waals surface area contributed by atoms with Crippen molar-refractivity contribution >= 4 is 0 Å². The van der Waals surface area contributed by atoms with E-state index in [4.69, 9.17) is 4.74 Å². The average molecular weight is 601 g/mol. The van der Waals surface area contributed by atoms with Crippen molar-refractivity contribution < 1.29 is 4.74 Å². The summed E-state index contributed by atoms with van der Waals surface area (Å²) in [7, 11) is 1.72. The molecule has 0 radical (unpaired) electrons. The van der Waals surface area contributed by atoms with Crippen molar-refractivity contribution in [1.29, 1.82) is 0 Å². The molecule has 0 aromatic heterocycles. The van der Waals surface area contributed by atoms with E-state index in [0.717, 1.165) is 5.75 Å². The fourth-order valence-electron chi connectivity index (χ4n) is 8.07. The lowest BCUT2D eigenvalue weighted by Crippen LogP contribution is -2.47. The molecule has 6 rings (SSSR count). The van der Waals surface area contributed by atoms with E-state index in [1.54, 1.807) is 7.11 Å². The van der Waals surface area contributed by atoms with Gasteiger partial charge in [-0.2, -0.15) is 0 Å². The van der Waals surface area contributed by atoms with Crippen LogP contribution in [0, 0.1) is 5.92 Å². The molecule has 0 aliphatic heterocycles. The first-order chi connectivity index (χ1) is 22.4. The van der Waals surface area contributed by atoms with Gasteiger partial charge in [0.15, 0.2) is 0 Å². The van der Waals surface area contributed by atoms with E-state index in [-0.39, 0.29) is 10.8 Å². The molecule has 0 fully saturated rings. The van der Waals surface area contributed by atoms with Crippen molar-refractivity contribution in [2.45, 2.75) is 43.9 Å². The molecular weight excluding hydrogens is 556 g/mol. The van der Waals surface area contributed by atoms with E-state index in [1.807, 2.05) is 0 Å². The minimum atomic E-state index is -0.442. The Balaban J connectivity index is 1.58. The zero-order chi connectivity index (χ0) is 32.2. The fourth-order valence-corrected chi connectivity index (χ4v) is 8.07. The molecule has 6 aromatic rings. The lowest BCUT2D eigenvalue weighted by atomic mass is 9.53. The quantitative estimate of drug-likeness (QED) is 0.142. The van der Waals surface area contributed by atoms with Gasteiger partial charge in [0.1, 0.15) is 5.75 Å². The Kier molecular flexibility index (Phi) is 8.69. The smallest absolute Gasteiger partial charge is 0.118 e. The molecule has 0 N–H and O–H groups in total. The largest absolute Gasteiger partial charge is 0.497 e. The standard InChI is InChI=1S/C45H44O/c1-34(2)44(36-18-10-6-11-19-36,38-30-32-42(46-5)33-31-38)37-28-26-35(27-29-37)43(3,4)45(39-20-12-7-13-21-39,40-22-14-8-15-23-40)41-24-16-9-17-25-41/h6-34H,1-5H3. The van der Waals surface area contributed by atoms with E-state index in [1.165, 1.54) is 38.9 Å². The Morgan fingerprint density at radius 2 is 0.696 bits per heavy atom. The van der Waals surface area contributed by atoms with E-state index in [2.05, 4.69) is 198 Å². The highest BCUT2D eigenvalue weighted by Crippen LogP contribution is 2.54. The second-order valence-corrected chi connectivity index (χ2v) is 13.1. The summed E-state index contributed by atoms with van der Waals surface area (Å²) in [5.41, 5.74) is 7.83. The molecule has 1 atom stereocenters. The number of hydrogen-bond donors (Lipinski definition) is 0. The normalized spacial score (nSPS) is 13.3. The van der Waals surface area contributed by atoms with Crippen LogP contribution in [0.1, 0.15) is 66.6 Å². The molecule has 0 saturated heterocycles. The van der Waals surface area contributed by atoms with Gasteiger partial charge < -0.3 is 4.74 Å². The molecular formula is C45H44O. The van der Waals surface area contributed by atoms with Crippen molar-refractivity contribution in [1.82, 2.24) is 0 Å². The third-order valence-corrected chi connectivity index (χ3v) is 10.3. The van der Waals surface area contributed by atoms with Crippen molar-refractivity contribution in [2.75, 3.05) is 7.11 Å². The van der Waals surface area contributed by atoms with E-state index in [0.29, 0.717) is 5.92 Å². The summed E-state index contributed by atoms with van der Waals surface area (Å²) in [6, 6.07) is 62.2. The Hall–Kier alpha value is -4.88. The molecule has 6 aromatic carbocycles. The number of hydrogen-bond acceptors (Lipinski definition) is 1. The number of ether oxygens (including phenoxy) is 1. The lowest BCUT2D eigenvalue weighted by molar-refractivity contribution is 0.357. The van der Waals surface area contributed by atoms with E-state index < -0.39 is 5.41 Å². The van der Waals surface area contributed by atoms with Crippen LogP contribution in [0.25, 0.3) is 0 Å². The number of rotatable bonds is 10. The highest BCUT2D eigenvalue weighted by Gasteiger charge is 2.50. The average Bonchev–Trinajstić information content (AvgIpc) is 3.11. The fraction of sp³-hybridized carbons (Fsp3) is 0.200. The number of benzene rings is 6. The summed E-state index contributed by atoms with van der Waals surface area (Å²) in [5.74, 6) is 1.16. The van der Waals surface area contributed by atoms with Crippen LogP contribution in [0.3, 0.4) is 0 Å². The minimum absolute atomic E-state index is 0.291. The molecule has 1 unspecified atom stereocenters. The first kappa shape index (κ1) is 31.1. The molecule has 0 spiro atoms. The molecule has 0 saturated carbocycles. The van der Waals surface area contributed by atoms with E-state index in [9.17, 15) is 0 Å². The van der Waals surface area contributed by atoms with Gasteiger partial charge in [-0.1, -0.05) is 185 Å². The summed E-state index contributed by atoms with van der Waals surface area (Å²) >= 11 is 0. The van der Waals surface area contributed by atoms with Crippen molar-refractivity contribution in [2.24, 2.45) is 5.92 Å². The first-order valence-electron chi connectivity index (χ1n) is 16.3. The predicted molar refractivity (Wildman–Crippen MR) is 193 cm³/mol. The Morgan fingerprint density at radius 3 is 1.04 bits per heavy atom. The minimum Gasteiger partial charge on any atom is -0.497 e. The Labute approximate surface area is 275 Å². The topological polar surface area (TPSA) is 9.23 Å². The highest BCUT2D eigenvalue weighted by atomic mass is 16.5. The summed E-state index contributed by atoms with van der Waals surface area (Å²) < 4.78 is 5.55. The molecule has 0 heterocycles. The van der Waals surface area contributed by atoms with E-state index >= 15 is 0 Å². The van der Waals surface area contributed by atoms with Gasteiger partial charge in [0.2, 0.25) is 0 Å². The van der Waals surface area contributed by atoms with Gasteiger partial charge in [0, 0.05) is 10.8 Å². The molecule has 0 aliphatic carbocycles. The van der Waals surface area contributed by atoms with Gasteiger partial charge >= 0.3 is 0 Å². The van der Waals surface area contributed by atoms with Crippen LogP contribution in [0.2, 0.25) is 0 Å². The zero-order valence-corrected chi connectivity index (χ0v) is 27.7. The maximum absolute atomic E-state index is 5.55. The summed E-state index contributed by atoms with van der Waals surface area (Å²) in [4.78, 5) is 0. The molecule has 0 bridgehead atoms.